The summed E-state index contributed by atoms with van der Waals surface area (Å²) in [4.78, 5) is 23.4. The second kappa shape index (κ2) is 11.0. The first-order chi connectivity index (χ1) is 11.9. The summed E-state index contributed by atoms with van der Waals surface area (Å²) in [7, 11) is 0. The molecule has 8 nitrogen and oxygen atoms in total. The molecule has 0 rings (SSSR count). The van der Waals surface area contributed by atoms with E-state index in [1.54, 1.807) is 53.7 Å². The molecule has 0 bridgehead atoms. The second-order valence-electron chi connectivity index (χ2n) is 7.99. The van der Waals surface area contributed by atoms with E-state index in [1.807, 2.05) is 0 Å². The lowest BCUT2D eigenvalue weighted by molar-refractivity contribution is 0.0471. The van der Waals surface area contributed by atoms with Crippen LogP contribution in [0.25, 0.3) is 0 Å². The molecule has 2 atom stereocenters. The molecular weight excluding hydrogens is 340 g/mol. The van der Waals surface area contributed by atoms with Crippen LogP contribution in [0, 0.1) is 0 Å². The van der Waals surface area contributed by atoms with Gasteiger partial charge >= 0.3 is 12.2 Å². The van der Waals surface area contributed by atoms with Gasteiger partial charge in [-0.05, 0) is 54.4 Å². The van der Waals surface area contributed by atoms with E-state index in [0.717, 1.165) is 0 Å². The zero-order valence-electron chi connectivity index (χ0n) is 16.7. The quantitative estimate of drug-likeness (QED) is 0.483. The molecule has 0 saturated heterocycles. The molecule has 0 spiro atoms. The Morgan fingerprint density at radius 3 is 1.35 bits per heavy atom. The third-order valence-electron chi connectivity index (χ3n) is 2.89. The predicted octanol–water partition coefficient (Wildman–Crippen LogP) is 2.09. The summed E-state index contributed by atoms with van der Waals surface area (Å²) in [5, 5.41) is 23.8. The molecule has 26 heavy (non-hydrogen) atoms. The van der Waals surface area contributed by atoms with Crippen molar-refractivity contribution >= 4 is 12.2 Å². The van der Waals surface area contributed by atoms with Gasteiger partial charge in [-0.15, -0.1) is 0 Å². The number of nitrogens with one attached hydrogen (secondary N) is 2. The minimum atomic E-state index is -0.610. The van der Waals surface area contributed by atoms with Crippen LogP contribution in [0.4, 0.5) is 9.59 Å². The Hall–Kier alpha value is -1.80. The summed E-state index contributed by atoms with van der Waals surface area (Å²) in [6.07, 6.45) is 3.12. The number of hydrogen-bond donors (Lipinski definition) is 4. The Balaban J connectivity index is 4.34. The third-order valence-corrected chi connectivity index (χ3v) is 2.89. The van der Waals surface area contributed by atoms with Crippen LogP contribution in [0.15, 0.2) is 12.2 Å². The van der Waals surface area contributed by atoms with E-state index in [0.29, 0.717) is 12.8 Å². The summed E-state index contributed by atoms with van der Waals surface area (Å²) in [6, 6.07) is -0.958. The summed E-state index contributed by atoms with van der Waals surface area (Å²) >= 11 is 0. The predicted molar refractivity (Wildman–Crippen MR) is 98.9 cm³/mol. The highest BCUT2D eigenvalue weighted by atomic mass is 16.6. The molecule has 0 aliphatic heterocycles. The van der Waals surface area contributed by atoms with E-state index in [-0.39, 0.29) is 13.2 Å². The van der Waals surface area contributed by atoms with E-state index < -0.39 is 35.5 Å². The van der Waals surface area contributed by atoms with Crippen molar-refractivity contribution in [1.29, 1.82) is 0 Å². The summed E-state index contributed by atoms with van der Waals surface area (Å²) < 4.78 is 10.3. The fourth-order valence-electron chi connectivity index (χ4n) is 1.83. The van der Waals surface area contributed by atoms with E-state index in [1.165, 1.54) is 0 Å². The topological polar surface area (TPSA) is 117 Å². The number of aliphatic hydroxyl groups is 2. The molecule has 0 aromatic heterocycles. The first-order valence-corrected chi connectivity index (χ1v) is 8.72. The minimum absolute atomic E-state index is 0.233. The molecule has 0 fully saturated rings. The average Bonchev–Trinajstić information content (AvgIpc) is 2.45. The highest BCUT2D eigenvalue weighted by Crippen LogP contribution is 2.08. The van der Waals surface area contributed by atoms with Gasteiger partial charge in [-0.25, -0.2) is 9.59 Å². The molecule has 2 unspecified atom stereocenters. The number of alkyl carbamates (subject to hydrolysis) is 2. The highest BCUT2D eigenvalue weighted by molar-refractivity contribution is 5.68. The molecule has 0 radical (unpaired) electrons. The first-order valence-electron chi connectivity index (χ1n) is 8.72. The van der Waals surface area contributed by atoms with E-state index >= 15 is 0 Å². The number of amides is 2. The Bertz CT molecular complexity index is 423. The number of rotatable bonds is 8. The van der Waals surface area contributed by atoms with Gasteiger partial charge in [0.25, 0.3) is 0 Å². The molecule has 4 N–H and O–H groups in total. The summed E-state index contributed by atoms with van der Waals surface area (Å²) in [6.45, 7) is 10.1. The SMILES string of the molecule is CC(C)(C)OC(=O)NC(CO)CC=CCC(CO)NC(=O)OC(C)(C)C. The van der Waals surface area contributed by atoms with Crippen molar-refractivity contribution < 1.29 is 29.3 Å². The Morgan fingerprint density at radius 2 is 1.12 bits per heavy atom. The van der Waals surface area contributed by atoms with Crippen molar-refractivity contribution in [2.45, 2.75) is 77.7 Å². The largest absolute Gasteiger partial charge is 0.444 e. The molecule has 2 amide bonds. The van der Waals surface area contributed by atoms with Gasteiger partial charge in [0.05, 0.1) is 25.3 Å². The van der Waals surface area contributed by atoms with Crippen molar-refractivity contribution in [2.75, 3.05) is 13.2 Å². The molecular formula is C18H34N2O6. The fourth-order valence-corrected chi connectivity index (χ4v) is 1.83. The maximum Gasteiger partial charge on any atom is 0.407 e. The minimum Gasteiger partial charge on any atom is -0.444 e. The maximum absolute atomic E-state index is 11.7. The molecule has 0 aromatic rings. The van der Waals surface area contributed by atoms with Crippen LogP contribution in [0.2, 0.25) is 0 Å². The lowest BCUT2D eigenvalue weighted by Gasteiger charge is -2.22. The first kappa shape index (κ1) is 24.2. The lowest BCUT2D eigenvalue weighted by Crippen LogP contribution is -2.41. The van der Waals surface area contributed by atoms with Crippen LogP contribution < -0.4 is 10.6 Å². The fraction of sp³-hybridized carbons (Fsp3) is 0.778. The Kier molecular flexibility index (Phi) is 10.3. The van der Waals surface area contributed by atoms with Gasteiger partial charge in [0.2, 0.25) is 0 Å². The van der Waals surface area contributed by atoms with Crippen LogP contribution in [0.3, 0.4) is 0 Å². The Morgan fingerprint density at radius 1 is 0.808 bits per heavy atom. The van der Waals surface area contributed by atoms with Crippen LogP contribution in [-0.4, -0.2) is 58.9 Å². The van der Waals surface area contributed by atoms with Crippen LogP contribution in [0.1, 0.15) is 54.4 Å². The van der Waals surface area contributed by atoms with E-state index in [9.17, 15) is 19.8 Å². The van der Waals surface area contributed by atoms with Crippen LogP contribution in [0.5, 0.6) is 0 Å². The van der Waals surface area contributed by atoms with Gasteiger partial charge in [0, 0.05) is 0 Å². The molecule has 0 saturated carbocycles. The zero-order valence-corrected chi connectivity index (χ0v) is 16.7. The zero-order chi connectivity index (χ0) is 20.4. The number of ether oxygens (including phenoxy) is 2. The van der Waals surface area contributed by atoms with Crippen LogP contribution >= 0.6 is 0 Å². The van der Waals surface area contributed by atoms with Gasteiger partial charge in [-0.2, -0.15) is 0 Å². The average molecular weight is 374 g/mol. The van der Waals surface area contributed by atoms with Crippen molar-refractivity contribution in [3.63, 3.8) is 0 Å². The van der Waals surface area contributed by atoms with Gasteiger partial charge in [0.15, 0.2) is 0 Å². The summed E-state index contributed by atoms with van der Waals surface area (Å²) in [5.74, 6) is 0. The smallest absolute Gasteiger partial charge is 0.407 e. The lowest BCUT2D eigenvalue weighted by atomic mass is 10.1. The van der Waals surface area contributed by atoms with Gasteiger partial charge in [-0.1, -0.05) is 12.2 Å². The number of carbonyl (C=O) groups excluding carboxylic acids is 2. The van der Waals surface area contributed by atoms with Crippen LogP contribution in [-0.2, 0) is 9.47 Å². The van der Waals surface area contributed by atoms with Gasteiger partial charge in [0.1, 0.15) is 11.2 Å². The van der Waals surface area contributed by atoms with Gasteiger partial charge < -0.3 is 30.3 Å². The van der Waals surface area contributed by atoms with Crippen molar-refractivity contribution in [3.8, 4) is 0 Å². The standard InChI is InChI=1S/C18H34N2O6/c1-17(2,3)25-15(23)19-13(11-21)9-7-8-10-14(12-22)20-16(24)26-18(4,5)6/h7-8,13-14,21-22H,9-12H2,1-6H3,(H,19,23)(H,20,24). The Labute approximate surface area is 155 Å². The van der Waals surface area contributed by atoms with E-state index in [4.69, 9.17) is 9.47 Å². The third kappa shape index (κ3) is 13.5. The molecule has 0 aromatic carbocycles. The van der Waals surface area contributed by atoms with E-state index in [2.05, 4.69) is 10.6 Å². The maximum atomic E-state index is 11.7. The van der Waals surface area contributed by atoms with Crippen molar-refractivity contribution in [2.24, 2.45) is 0 Å². The monoisotopic (exact) mass is 374 g/mol. The molecule has 0 aliphatic rings. The van der Waals surface area contributed by atoms with Gasteiger partial charge in [-0.3, -0.25) is 0 Å². The van der Waals surface area contributed by atoms with Crippen molar-refractivity contribution in [3.05, 3.63) is 12.2 Å². The number of carbonyl (C=O) groups is 2. The molecule has 152 valence electrons. The molecule has 0 heterocycles. The second-order valence-corrected chi connectivity index (χ2v) is 7.99. The molecule has 8 heteroatoms. The van der Waals surface area contributed by atoms with Crippen molar-refractivity contribution in [1.82, 2.24) is 10.6 Å². The normalized spacial score (nSPS) is 14.6. The summed E-state index contributed by atoms with van der Waals surface area (Å²) in [5.41, 5.74) is -1.22. The molecule has 0 aliphatic carbocycles. The number of aliphatic hydroxyl groups excluding tert-OH is 2. The highest BCUT2D eigenvalue weighted by Gasteiger charge is 2.19. The number of hydrogen-bond acceptors (Lipinski definition) is 6.